The Morgan fingerprint density at radius 2 is 2.29 bits per heavy atom. The third-order valence-corrected chi connectivity index (χ3v) is 2.78. The van der Waals surface area contributed by atoms with Gasteiger partial charge in [0.05, 0.1) is 18.2 Å². The first kappa shape index (κ1) is 11.6. The van der Waals surface area contributed by atoms with E-state index in [4.69, 9.17) is 5.41 Å². The largest absolute Gasteiger partial charge is 0.336 e. The third kappa shape index (κ3) is 2.02. The fourth-order valence-corrected chi connectivity index (χ4v) is 2.05. The van der Waals surface area contributed by atoms with Gasteiger partial charge in [-0.05, 0) is 5.92 Å². The molecule has 0 aliphatic carbocycles. The quantitative estimate of drug-likeness (QED) is 0.823. The molecule has 0 spiro atoms. The predicted octanol–water partition coefficient (Wildman–Crippen LogP) is 1.12. The van der Waals surface area contributed by atoms with E-state index in [1.165, 1.54) is 0 Å². The number of urea groups is 1. The fourth-order valence-electron chi connectivity index (χ4n) is 2.05. The van der Waals surface area contributed by atoms with Crippen LogP contribution in [0.4, 0.5) is 4.79 Å². The monoisotopic (exact) mass is 235 g/mol. The summed E-state index contributed by atoms with van der Waals surface area (Å²) in [5.41, 5.74) is 0.856. The first-order valence-electron chi connectivity index (χ1n) is 5.63. The van der Waals surface area contributed by atoms with Crippen molar-refractivity contribution in [2.75, 3.05) is 6.54 Å². The molecule has 2 rings (SSSR count). The zero-order chi connectivity index (χ0) is 12.6. The summed E-state index contributed by atoms with van der Waals surface area (Å²) in [6, 6.07) is -0.535. The molecule has 17 heavy (non-hydrogen) atoms. The molecule has 1 fully saturated rings. The summed E-state index contributed by atoms with van der Waals surface area (Å²) in [4.78, 5) is 17.5. The van der Waals surface area contributed by atoms with Gasteiger partial charge in [0.2, 0.25) is 0 Å². The number of hydrogen-bond donors (Lipinski definition) is 2. The molecule has 1 saturated heterocycles. The van der Waals surface area contributed by atoms with Crippen molar-refractivity contribution in [3.05, 3.63) is 18.2 Å². The molecule has 1 unspecified atom stereocenters. The maximum atomic E-state index is 11.8. The van der Waals surface area contributed by atoms with E-state index in [1.54, 1.807) is 17.4 Å². The van der Waals surface area contributed by atoms with Crippen molar-refractivity contribution < 1.29 is 4.79 Å². The van der Waals surface area contributed by atoms with Gasteiger partial charge in [-0.2, -0.15) is 0 Å². The standard InChI is InChI=1S/C11H17N5O/c1-7(2)5-16-9(10(12)14-11(16)17)8-4-13-6-15(8)3/h4,6-7,9H,5H2,1-3H3,(H2,12,14,17). The van der Waals surface area contributed by atoms with Crippen molar-refractivity contribution in [3.8, 4) is 0 Å². The van der Waals surface area contributed by atoms with E-state index in [0.717, 1.165) is 5.69 Å². The van der Waals surface area contributed by atoms with E-state index in [2.05, 4.69) is 24.1 Å². The SMILES string of the molecule is CC(C)CN1C(=O)NC(=N)C1c1cncn1C. The van der Waals surface area contributed by atoms with Crippen LogP contribution in [0.3, 0.4) is 0 Å². The van der Waals surface area contributed by atoms with Gasteiger partial charge in [-0.25, -0.2) is 9.78 Å². The summed E-state index contributed by atoms with van der Waals surface area (Å²) in [6.45, 7) is 4.73. The molecular formula is C11H17N5O. The number of rotatable bonds is 3. The molecule has 0 radical (unpaired) electrons. The Kier molecular flexibility index (Phi) is 2.87. The summed E-state index contributed by atoms with van der Waals surface area (Å²) in [5.74, 6) is 0.585. The molecule has 2 amide bonds. The molecule has 2 N–H and O–H groups in total. The van der Waals surface area contributed by atoms with Crippen LogP contribution in [0.1, 0.15) is 25.6 Å². The van der Waals surface area contributed by atoms with Crippen LogP contribution in [0.2, 0.25) is 0 Å². The van der Waals surface area contributed by atoms with Gasteiger partial charge in [-0.3, -0.25) is 10.7 Å². The number of imidazole rings is 1. The van der Waals surface area contributed by atoms with Crippen molar-refractivity contribution in [1.82, 2.24) is 19.8 Å². The maximum absolute atomic E-state index is 11.8. The minimum Gasteiger partial charge on any atom is -0.336 e. The molecule has 0 bridgehead atoms. The maximum Gasteiger partial charge on any atom is 0.323 e. The Labute approximate surface area is 100 Å². The minimum atomic E-state index is -0.336. The number of amides is 2. The van der Waals surface area contributed by atoms with E-state index >= 15 is 0 Å². The van der Waals surface area contributed by atoms with Crippen LogP contribution >= 0.6 is 0 Å². The van der Waals surface area contributed by atoms with Gasteiger partial charge in [-0.1, -0.05) is 13.8 Å². The molecule has 0 aromatic carbocycles. The number of nitrogens with one attached hydrogen (secondary N) is 2. The van der Waals surface area contributed by atoms with Crippen LogP contribution in [-0.4, -0.2) is 32.9 Å². The summed E-state index contributed by atoms with van der Waals surface area (Å²) in [6.07, 6.45) is 3.38. The number of aryl methyl sites for hydroxylation is 1. The number of carbonyl (C=O) groups excluding carboxylic acids is 1. The Hall–Kier alpha value is -1.85. The third-order valence-electron chi connectivity index (χ3n) is 2.78. The summed E-state index contributed by atoms with van der Waals surface area (Å²) < 4.78 is 1.84. The molecule has 1 aliphatic heterocycles. The average Bonchev–Trinajstić information content (AvgIpc) is 2.72. The molecule has 92 valence electrons. The van der Waals surface area contributed by atoms with Gasteiger partial charge in [0.25, 0.3) is 0 Å². The highest BCUT2D eigenvalue weighted by molar-refractivity contribution is 6.05. The van der Waals surface area contributed by atoms with Gasteiger partial charge in [0.1, 0.15) is 11.9 Å². The topological polar surface area (TPSA) is 74.0 Å². The van der Waals surface area contributed by atoms with E-state index < -0.39 is 0 Å². The molecule has 0 saturated carbocycles. The van der Waals surface area contributed by atoms with E-state index in [1.807, 2.05) is 11.6 Å². The molecule has 1 aromatic rings. The molecule has 6 nitrogen and oxygen atoms in total. The van der Waals surface area contributed by atoms with E-state index in [0.29, 0.717) is 12.5 Å². The molecular weight excluding hydrogens is 218 g/mol. The number of carbonyl (C=O) groups is 1. The minimum absolute atomic E-state index is 0.199. The summed E-state index contributed by atoms with van der Waals surface area (Å²) >= 11 is 0. The Morgan fingerprint density at radius 3 is 2.82 bits per heavy atom. The average molecular weight is 235 g/mol. The zero-order valence-electron chi connectivity index (χ0n) is 10.3. The lowest BCUT2D eigenvalue weighted by Crippen LogP contribution is -2.33. The normalized spacial score (nSPS) is 20.2. The predicted molar refractivity (Wildman–Crippen MR) is 63.8 cm³/mol. The van der Waals surface area contributed by atoms with Crippen molar-refractivity contribution in [2.45, 2.75) is 19.9 Å². The fraction of sp³-hybridized carbons (Fsp3) is 0.545. The van der Waals surface area contributed by atoms with Gasteiger partial charge < -0.3 is 9.47 Å². The highest BCUT2D eigenvalue weighted by atomic mass is 16.2. The first-order chi connectivity index (χ1) is 8.00. The highest BCUT2D eigenvalue weighted by Crippen LogP contribution is 2.26. The number of aromatic nitrogens is 2. The summed E-state index contributed by atoms with van der Waals surface area (Å²) in [5, 5.41) is 10.4. The van der Waals surface area contributed by atoms with Crippen molar-refractivity contribution in [1.29, 1.82) is 5.41 Å². The number of nitrogens with zero attached hydrogens (tertiary/aromatic N) is 3. The van der Waals surface area contributed by atoms with Gasteiger partial charge in [0.15, 0.2) is 0 Å². The zero-order valence-corrected chi connectivity index (χ0v) is 10.3. The lowest BCUT2D eigenvalue weighted by atomic mass is 10.1. The second-order valence-corrected chi connectivity index (χ2v) is 4.72. The van der Waals surface area contributed by atoms with Crippen molar-refractivity contribution in [3.63, 3.8) is 0 Å². The van der Waals surface area contributed by atoms with Gasteiger partial charge >= 0.3 is 6.03 Å². The van der Waals surface area contributed by atoms with Crippen LogP contribution in [-0.2, 0) is 7.05 Å². The molecule has 6 heteroatoms. The molecule has 2 heterocycles. The van der Waals surface area contributed by atoms with Crippen LogP contribution in [0.25, 0.3) is 0 Å². The summed E-state index contributed by atoms with van der Waals surface area (Å²) in [7, 11) is 1.87. The second kappa shape index (κ2) is 4.20. The van der Waals surface area contributed by atoms with E-state index in [9.17, 15) is 4.79 Å². The van der Waals surface area contributed by atoms with Crippen LogP contribution in [0.15, 0.2) is 12.5 Å². The number of hydrogen-bond acceptors (Lipinski definition) is 3. The molecule has 1 aliphatic rings. The Bertz CT molecular complexity index is 450. The molecule has 1 aromatic heterocycles. The molecule has 1 atom stereocenters. The first-order valence-corrected chi connectivity index (χ1v) is 5.63. The highest BCUT2D eigenvalue weighted by Gasteiger charge is 2.38. The van der Waals surface area contributed by atoms with Gasteiger partial charge in [-0.15, -0.1) is 0 Å². The van der Waals surface area contributed by atoms with E-state index in [-0.39, 0.29) is 17.9 Å². The smallest absolute Gasteiger partial charge is 0.323 e. The van der Waals surface area contributed by atoms with Gasteiger partial charge in [0, 0.05) is 13.6 Å². The Morgan fingerprint density at radius 1 is 1.59 bits per heavy atom. The van der Waals surface area contributed by atoms with Crippen molar-refractivity contribution >= 4 is 11.9 Å². The van der Waals surface area contributed by atoms with Crippen LogP contribution in [0.5, 0.6) is 0 Å². The Balaban J connectivity index is 2.32. The van der Waals surface area contributed by atoms with Crippen molar-refractivity contribution in [2.24, 2.45) is 13.0 Å². The lowest BCUT2D eigenvalue weighted by molar-refractivity contribution is 0.197. The lowest BCUT2D eigenvalue weighted by Gasteiger charge is -2.24. The van der Waals surface area contributed by atoms with Crippen LogP contribution in [0, 0.1) is 11.3 Å². The number of amidine groups is 1. The second-order valence-electron chi connectivity index (χ2n) is 4.72. The van der Waals surface area contributed by atoms with Crippen LogP contribution < -0.4 is 5.32 Å².